The van der Waals surface area contributed by atoms with Crippen LogP contribution < -0.4 is 0 Å². The Morgan fingerprint density at radius 1 is 0.857 bits per heavy atom. The number of hydrogen-bond acceptors (Lipinski definition) is 2. The topological polar surface area (TPSA) is 29.5 Å². The molecule has 0 aliphatic rings. The molecular formula is C32H33NO2. The van der Waals surface area contributed by atoms with E-state index in [1.165, 1.54) is 10.9 Å². The monoisotopic (exact) mass is 463 g/mol. The molecule has 3 nitrogen and oxygen atoms in total. The van der Waals surface area contributed by atoms with Crippen molar-refractivity contribution in [3.63, 3.8) is 0 Å². The zero-order valence-electron chi connectivity index (χ0n) is 20.3. The Balaban J connectivity index is 1.64. The highest BCUT2D eigenvalue weighted by Crippen LogP contribution is 2.32. The van der Waals surface area contributed by atoms with Crippen LogP contribution in [0.15, 0.2) is 116 Å². The van der Waals surface area contributed by atoms with E-state index in [1.807, 2.05) is 59.5 Å². The highest BCUT2D eigenvalue weighted by Gasteiger charge is 2.30. The van der Waals surface area contributed by atoms with Crippen molar-refractivity contribution in [1.82, 2.24) is 4.90 Å². The molecular weight excluding hydrogens is 430 g/mol. The number of carbonyl (C=O) groups excluding carboxylic acids is 1. The third-order valence-corrected chi connectivity index (χ3v) is 6.55. The molecule has 2 atom stereocenters. The quantitative estimate of drug-likeness (QED) is 0.222. The Bertz CT molecular complexity index is 1230. The molecule has 0 spiro atoms. The molecule has 4 aromatic rings. The summed E-state index contributed by atoms with van der Waals surface area (Å²) in [5, 5.41) is 2.32. The van der Waals surface area contributed by atoms with E-state index in [1.54, 1.807) is 0 Å². The molecule has 178 valence electrons. The average Bonchev–Trinajstić information content (AvgIpc) is 2.91. The van der Waals surface area contributed by atoms with Gasteiger partial charge < -0.3 is 4.74 Å². The van der Waals surface area contributed by atoms with Gasteiger partial charge in [-0.3, -0.25) is 4.90 Å². The summed E-state index contributed by atoms with van der Waals surface area (Å²) in [7, 11) is 0. The normalized spacial score (nSPS) is 12.6. The van der Waals surface area contributed by atoms with Crippen LogP contribution in [0.25, 0.3) is 10.8 Å². The van der Waals surface area contributed by atoms with Crippen LogP contribution in [0.4, 0.5) is 4.79 Å². The van der Waals surface area contributed by atoms with E-state index in [0.29, 0.717) is 6.42 Å². The maximum atomic E-state index is 13.7. The number of benzene rings is 4. The minimum atomic E-state index is -0.297. The maximum Gasteiger partial charge on any atom is 0.410 e. The SMILES string of the molecule is C=CC[C@H](CCc1ccccc1)N(C(=O)OCc1ccccc1)[C@@H](C)c1cccc2ccccc12. The van der Waals surface area contributed by atoms with E-state index in [2.05, 4.69) is 68.1 Å². The van der Waals surface area contributed by atoms with Gasteiger partial charge in [-0.25, -0.2) is 4.79 Å². The van der Waals surface area contributed by atoms with Gasteiger partial charge in [-0.1, -0.05) is 109 Å². The van der Waals surface area contributed by atoms with E-state index in [9.17, 15) is 4.79 Å². The Hall–Kier alpha value is -3.85. The summed E-state index contributed by atoms with van der Waals surface area (Å²) in [6.07, 6.45) is 4.01. The zero-order valence-corrected chi connectivity index (χ0v) is 20.3. The lowest BCUT2D eigenvalue weighted by atomic mass is 9.95. The first kappa shape index (κ1) is 24.3. The lowest BCUT2D eigenvalue weighted by molar-refractivity contribution is 0.0622. The summed E-state index contributed by atoms with van der Waals surface area (Å²) in [6.45, 7) is 6.34. The number of hydrogen-bond donors (Lipinski definition) is 0. The van der Waals surface area contributed by atoms with Gasteiger partial charge in [0.05, 0.1) is 6.04 Å². The lowest BCUT2D eigenvalue weighted by Gasteiger charge is -2.36. The van der Waals surface area contributed by atoms with Gasteiger partial charge in [-0.05, 0) is 53.6 Å². The van der Waals surface area contributed by atoms with Crippen LogP contribution in [0.2, 0.25) is 0 Å². The molecule has 0 saturated heterocycles. The molecule has 0 unspecified atom stereocenters. The van der Waals surface area contributed by atoms with Gasteiger partial charge in [0.1, 0.15) is 6.61 Å². The van der Waals surface area contributed by atoms with E-state index < -0.39 is 0 Å². The zero-order chi connectivity index (χ0) is 24.5. The van der Waals surface area contributed by atoms with Gasteiger partial charge in [0, 0.05) is 6.04 Å². The van der Waals surface area contributed by atoms with Crippen molar-refractivity contribution < 1.29 is 9.53 Å². The van der Waals surface area contributed by atoms with Gasteiger partial charge >= 0.3 is 6.09 Å². The third kappa shape index (κ3) is 6.19. The number of carbonyl (C=O) groups is 1. The highest BCUT2D eigenvalue weighted by atomic mass is 16.6. The molecule has 0 bridgehead atoms. The molecule has 0 heterocycles. The van der Waals surface area contributed by atoms with Crippen LogP contribution >= 0.6 is 0 Å². The molecule has 0 aliphatic carbocycles. The first-order chi connectivity index (χ1) is 17.2. The predicted molar refractivity (Wildman–Crippen MR) is 144 cm³/mol. The average molecular weight is 464 g/mol. The fourth-order valence-corrected chi connectivity index (χ4v) is 4.72. The molecule has 0 aliphatic heterocycles. The number of aryl methyl sites for hydroxylation is 1. The molecule has 0 fully saturated rings. The third-order valence-electron chi connectivity index (χ3n) is 6.55. The summed E-state index contributed by atoms with van der Waals surface area (Å²) in [4.78, 5) is 15.6. The van der Waals surface area contributed by atoms with E-state index in [4.69, 9.17) is 4.74 Å². The summed E-state index contributed by atoms with van der Waals surface area (Å²) in [6, 6.07) is 34.7. The second kappa shape index (κ2) is 12.0. The number of nitrogens with zero attached hydrogens (tertiary/aromatic N) is 1. The number of ether oxygens (including phenoxy) is 1. The van der Waals surface area contributed by atoms with E-state index in [-0.39, 0.29) is 24.8 Å². The van der Waals surface area contributed by atoms with Crippen molar-refractivity contribution in [3.8, 4) is 0 Å². The molecule has 1 amide bonds. The predicted octanol–water partition coefficient (Wildman–Crippen LogP) is 8.12. The Labute approximate surface area is 208 Å². The van der Waals surface area contributed by atoms with Crippen molar-refractivity contribution >= 4 is 16.9 Å². The second-order valence-corrected chi connectivity index (χ2v) is 8.89. The van der Waals surface area contributed by atoms with Gasteiger partial charge in [0.15, 0.2) is 0 Å². The minimum Gasteiger partial charge on any atom is -0.445 e. The number of rotatable bonds is 10. The van der Waals surface area contributed by atoms with Crippen molar-refractivity contribution in [3.05, 3.63) is 132 Å². The molecule has 3 heteroatoms. The highest BCUT2D eigenvalue weighted by molar-refractivity contribution is 5.86. The minimum absolute atomic E-state index is 0.0371. The van der Waals surface area contributed by atoms with Crippen LogP contribution in [0.1, 0.15) is 42.5 Å². The fraction of sp³-hybridized carbons (Fsp3) is 0.219. The van der Waals surface area contributed by atoms with Gasteiger partial charge in [0.2, 0.25) is 0 Å². The van der Waals surface area contributed by atoms with Crippen molar-refractivity contribution in [1.29, 1.82) is 0 Å². The first-order valence-electron chi connectivity index (χ1n) is 12.3. The molecule has 0 radical (unpaired) electrons. The van der Waals surface area contributed by atoms with Crippen LogP contribution in [0.5, 0.6) is 0 Å². The molecule has 0 N–H and O–H groups in total. The Kier molecular flexibility index (Phi) is 8.34. The summed E-state index contributed by atoms with van der Waals surface area (Å²) in [5.74, 6) is 0. The van der Waals surface area contributed by atoms with Crippen molar-refractivity contribution in [2.75, 3.05) is 0 Å². The molecule has 35 heavy (non-hydrogen) atoms. The first-order valence-corrected chi connectivity index (χ1v) is 12.3. The second-order valence-electron chi connectivity index (χ2n) is 8.89. The smallest absolute Gasteiger partial charge is 0.410 e. The standard InChI is InChI=1S/C32H33NO2/c1-3-13-29(23-22-26-14-6-4-7-15-26)33(32(34)35-24-27-16-8-5-9-17-27)25(2)30-21-12-19-28-18-10-11-20-31(28)30/h3-12,14-21,25,29H,1,13,22-24H2,2H3/t25-,29+/m0/s1. The summed E-state index contributed by atoms with van der Waals surface area (Å²) >= 11 is 0. The van der Waals surface area contributed by atoms with Crippen LogP contribution in [0, 0.1) is 0 Å². The van der Waals surface area contributed by atoms with E-state index >= 15 is 0 Å². The van der Waals surface area contributed by atoms with Crippen LogP contribution in [-0.4, -0.2) is 17.0 Å². The summed E-state index contributed by atoms with van der Waals surface area (Å²) < 4.78 is 5.88. The lowest BCUT2D eigenvalue weighted by Crippen LogP contribution is -2.42. The van der Waals surface area contributed by atoms with Crippen molar-refractivity contribution in [2.24, 2.45) is 0 Å². The Morgan fingerprint density at radius 2 is 1.49 bits per heavy atom. The summed E-state index contributed by atoms with van der Waals surface area (Å²) in [5.41, 5.74) is 3.36. The molecule has 0 saturated carbocycles. The van der Waals surface area contributed by atoms with Gasteiger partial charge in [-0.15, -0.1) is 6.58 Å². The van der Waals surface area contributed by atoms with Crippen LogP contribution in [0.3, 0.4) is 0 Å². The maximum absolute atomic E-state index is 13.7. The van der Waals surface area contributed by atoms with E-state index in [0.717, 1.165) is 29.4 Å². The van der Waals surface area contributed by atoms with Crippen molar-refractivity contribution in [2.45, 2.75) is 44.9 Å². The number of amides is 1. The molecule has 4 rings (SSSR count). The Morgan fingerprint density at radius 3 is 2.20 bits per heavy atom. The fourth-order valence-electron chi connectivity index (χ4n) is 4.72. The van der Waals surface area contributed by atoms with Gasteiger partial charge in [0.25, 0.3) is 0 Å². The molecule has 0 aromatic heterocycles. The number of fused-ring (bicyclic) bond motifs is 1. The van der Waals surface area contributed by atoms with Crippen LogP contribution in [-0.2, 0) is 17.8 Å². The molecule has 4 aromatic carbocycles. The largest absolute Gasteiger partial charge is 0.445 e. The van der Waals surface area contributed by atoms with Gasteiger partial charge in [-0.2, -0.15) is 0 Å².